The van der Waals surface area contributed by atoms with Gasteiger partial charge in [0.15, 0.2) is 5.65 Å². The lowest BCUT2D eigenvalue weighted by Crippen LogP contribution is -2.38. The Hall–Kier alpha value is -2.96. The molecule has 1 aliphatic heterocycles. The number of piperidine rings is 1. The SMILES string of the molecule is CCc1c(C)nc2cc([C@@H]3CCCCN3C(=O)c3ccncc3)[nH]n2c1=O. The normalized spacial score (nSPS) is 17.4. The number of aromatic amines is 1. The third kappa shape index (κ3) is 3.03. The number of rotatable bonds is 3. The van der Waals surface area contributed by atoms with Crippen LogP contribution in [0.1, 0.15) is 59.5 Å². The lowest BCUT2D eigenvalue weighted by molar-refractivity contribution is 0.0605. The van der Waals surface area contributed by atoms with Gasteiger partial charge in [-0.25, -0.2) is 9.50 Å². The number of pyridine rings is 1. The van der Waals surface area contributed by atoms with Crippen LogP contribution in [0, 0.1) is 6.92 Å². The van der Waals surface area contributed by atoms with Crippen LogP contribution in [0.2, 0.25) is 0 Å². The van der Waals surface area contributed by atoms with Crippen molar-refractivity contribution in [2.45, 2.75) is 45.6 Å². The Morgan fingerprint density at radius 3 is 2.81 bits per heavy atom. The van der Waals surface area contributed by atoms with Gasteiger partial charge in [-0.05, 0) is 44.7 Å². The molecular formula is C20H23N5O2. The van der Waals surface area contributed by atoms with Crippen molar-refractivity contribution in [3.8, 4) is 0 Å². The van der Waals surface area contributed by atoms with E-state index in [-0.39, 0.29) is 17.5 Å². The first-order chi connectivity index (χ1) is 13.1. The van der Waals surface area contributed by atoms with Gasteiger partial charge >= 0.3 is 0 Å². The van der Waals surface area contributed by atoms with Gasteiger partial charge in [0.25, 0.3) is 11.5 Å². The van der Waals surface area contributed by atoms with Gasteiger partial charge in [-0.15, -0.1) is 0 Å². The Morgan fingerprint density at radius 2 is 2.07 bits per heavy atom. The molecule has 1 aliphatic rings. The van der Waals surface area contributed by atoms with Crippen LogP contribution in [0.25, 0.3) is 5.65 Å². The summed E-state index contributed by atoms with van der Waals surface area (Å²) in [5, 5.41) is 3.21. The van der Waals surface area contributed by atoms with Crippen molar-refractivity contribution in [3.05, 3.63) is 63.5 Å². The largest absolute Gasteiger partial charge is 0.330 e. The molecule has 27 heavy (non-hydrogen) atoms. The summed E-state index contributed by atoms with van der Waals surface area (Å²) in [5.74, 6) is -0.00788. The Balaban J connectivity index is 1.75. The number of nitrogens with zero attached hydrogens (tertiary/aromatic N) is 4. The predicted molar refractivity (Wildman–Crippen MR) is 102 cm³/mol. The van der Waals surface area contributed by atoms with E-state index >= 15 is 0 Å². The topological polar surface area (TPSA) is 83.4 Å². The molecule has 1 N–H and O–H groups in total. The Bertz CT molecular complexity index is 1040. The minimum atomic E-state index is -0.0918. The predicted octanol–water partition coefficient (Wildman–Crippen LogP) is 2.66. The molecule has 1 amide bonds. The highest BCUT2D eigenvalue weighted by molar-refractivity contribution is 5.94. The molecule has 1 fully saturated rings. The lowest BCUT2D eigenvalue weighted by atomic mass is 9.98. The average molecular weight is 365 g/mol. The van der Waals surface area contributed by atoms with Crippen LogP contribution in [0.15, 0.2) is 35.4 Å². The highest BCUT2D eigenvalue weighted by Gasteiger charge is 2.30. The highest BCUT2D eigenvalue weighted by atomic mass is 16.2. The fourth-order valence-corrected chi connectivity index (χ4v) is 3.92. The van der Waals surface area contributed by atoms with Crippen molar-refractivity contribution in [2.75, 3.05) is 6.54 Å². The van der Waals surface area contributed by atoms with Crippen LogP contribution in [0.3, 0.4) is 0 Å². The molecule has 7 nitrogen and oxygen atoms in total. The van der Waals surface area contributed by atoms with Gasteiger partial charge in [-0.3, -0.25) is 19.7 Å². The molecule has 7 heteroatoms. The Kier molecular flexibility index (Phi) is 4.51. The summed E-state index contributed by atoms with van der Waals surface area (Å²) in [6, 6.07) is 5.28. The first-order valence-electron chi connectivity index (χ1n) is 9.42. The lowest BCUT2D eigenvalue weighted by Gasteiger charge is -2.35. The number of carbonyl (C=O) groups excluding carboxylic acids is 1. The summed E-state index contributed by atoms with van der Waals surface area (Å²) in [4.78, 5) is 36.2. The maximum Gasteiger partial charge on any atom is 0.276 e. The van der Waals surface area contributed by atoms with E-state index < -0.39 is 0 Å². The van der Waals surface area contributed by atoms with Crippen LogP contribution in [0.5, 0.6) is 0 Å². The minimum absolute atomic E-state index is 0.00788. The number of likely N-dealkylation sites (tertiary alicyclic amines) is 1. The van der Waals surface area contributed by atoms with Crippen molar-refractivity contribution in [1.82, 2.24) is 24.5 Å². The van der Waals surface area contributed by atoms with Gasteiger partial charge in [0.1, 0.15) is 0 Å². The van der Waals surface area contributed by atoms with Crippen molar-refractivity contribution < 1.29 is 4.79 Å². The molecular weight excluding hydrogens is 342 g/mol. The van der Waals surface area contributed by atoms with Crippen LogP contribution in [0.4, 0.5) is 0 Å². The van der Waals surface area contributed by atoms with E-state index in [4.69, 9.17) is 0 Å². The van der Waals surface area contributed by atoms with E-state index in [0.29, 0.717) is 29.7 Å². The second-order valence-corrected chi connectivity index (χ2v) is 6.99. The Morgan fingerprint density at radius 1 is 1.30 bits per heavy atom. The fraction of sp³-hybridized carbons (Fsp3) is 0.400. The van der Waals surface area contributed by atoms with Crippen molar-refractivity contribution in [2.24, 2.45) is 0 Å². The summed E-state index contributed by atoms with van der Waals surface area (Å²) < 4.78 is 1.50. The molecule has 0 unspecified atom stereocenters. The first-order valence-corrected chi connectivity index (χ1v) is 9.42. The molecule has 3 aromatic rings. The summed E-state index contributed by atoms with van der Waals surface area (Å²) >= 11 is 0. The summed E-state index contributed by atoms with van der Waals surface area (Å²) in [5.41, 5.74) is 3.51. The van der Waals surface area contributed by atoms with Gasteiger partial charge in [0.05, 0.1) is 11.7 Å². The molecule has 0 radical (unpaired) electrons. The van der Waals surface area contributed by atoms with Gasteiger partial charge in [-0.1, -0.05) is 6.92 Å². The molecule has 1 saturated heterocycles. The standard InChI is InChI=1S/C20H23N5O2/c1-3-15-13(2)22-18-12-16(23-25(18)20(15)27)17-6-4-5-11-24(17)19(26)14-7-9-21-10-8-14/h7-10,12,17,23H,3-6,11H2,1-2H3/t17-/m0/s1. The first kappa shape index (κ1) is 17.5. The molecule has 4 heterocycles. The van der Waals surface area contributed by atoms with Gasteiger partial charge in [0, 0.05) is 41.8 Å². The molecule has 3 aromatic heterocycles. The maximum atomic E-state index is 13.0. The second-order valence-electron chi connectivity index (χ2n) is 6.99. The third-order valence-electron chi connectivity index (χ3n) is 5.34. The number of hydrogen-bond donors (Lipinski definition) is 1. The van der Waals surface area contributed by atoms with Gasteiger partial charge in [-0.2, -0.15) is 0 Å². The van der Waals surface area contributed by atoms with Gasteiger partial charge in [0.2, 0.25) is 0 Å². The third-order valence-corrected chi connectivity index (χ3v) is 5.34. The van der Waals surface area contributed by atoms with E-state index in [1.807, 2.05) is 24.8 Å². The van der Waals surface area contributed by atoms with E-state index in [1.165, 1.54) is 4.52 Å². The van der Waals surface area contributed by atoms with Crippen LogP contribution < -0.4 is 5.56 Å². The highest BCUT2D eigenvalue weighted by Crippen LogP contribution is 2.31. The van der Waals surface area contributed by atoms with Crippen LogP contribution >= 0.6 is 0 Å². The minimum Gasteiger partial charge on any atom is -0.330 e. The number of carbonyl (C=O) groups is 1. The zero-order chi connectivity index (χ0) is 19.0. The Labute approximate surface area is 157 Å². The van der Waals surface area contributed by atoms with E-state index in [2.05, 4.69) is 15.1 Å². The number of fused-ring (bicyclic) bond motifs is 1. The molecule has 0 bridgehead atoms. The number of amides is 1. The van der Waals surface area contributed by atoms with Crippen molar-refractivity contribution in [3.63, 3.8) is 0 Å². The molecule has 1 atom stereocenters. The molecule has 0 spiro atoms. The summed E-state index contributed by atoms with van der Waals surface area (Å²) in [6.07, 6.45) is 6.79. The molecule has 4 rings (SSSR count). The number of aryl methyl sites for hydroxylation is 1. The van der Waals surface area contributed by atoms with Crippen molar-refractivity contribution in [1.29, 1.82) is 0 Å². The summed E-state index contributed by atoms with van der Waals surface area (Å²) in [6.45, 7) is 4.52. The second kappa shape index (κ2) is 6.98. The monoisotopic (exact) mass is 365 g/mol. The molecule has 0 aliphatic carbocycles. The number of H-pyrrole nitrogens is 1. The van der Waals surface area contributed by atoms with Crippen molar-refractivity contribution >= 4 is 11.6 Å². The molecule has 0 aromatic carbocycles. The van der Waals surface area contributed by atoms with Crippen LogP contribution in [-0.4, -0.2) is 36.9 Å². The van der Waals surface area contributed by atoms with E-state index in [1.54, 1.807) is 24.5 Å². The summed E-state index contributed by atoms with van der Waals surface area (Å²) in [7, 11) is 0. The van der Waals surface area contributed by atoms with E-state index in [0.717, 1.165) is 30.7 Å². The number of nitrogens with one attached hydrogen (secondary N) is 1. The average Bonchev–Trinajstić information content (AvgIpc) is 3.12. The molecule has 140 valence electrons. The van der Waals surface area contributed by atoms with Gasteiger partial charge < -0.3 is 4.90 Å². The number of aromatic nitrogens is 4. The molecule has 0 saturated carbocycles. The zero-order valence-corrected chi connectivity index (χ0v) is 15.6. The zero-order valence-electron chi connectivity index (χ0n) is 15.6. The quantitative estimate of drug-likeness (QED) is 0.773. The fourth-order valence-electron chi connectivity index (χ4n) is 3.92. The smallest absolute Gasteiger partial charge is 0.276 e. The maximum absolute atomic E-state index is 13.0. The van der Waals surface area contributed by atoms with Crippen LogP contribution in [-0.2, 0) is 6.42 Å². The number of hydrogen-bond acceptors (Lipinski definition) is 4. The van der Waals surface area contributed by atoms with E-state index in [9.17, 15) is 9.59 Å².